The molecular formula is C21H25N3O4S. The van der Waals surface area contributed by atoms with Gasteiger partial charge in [-0.15, -0.1) is 0 Å². The average Bonchev–Trinajstić information content (AvgIpc) is 2.73. The number of carbonyl (C=O) groups excluding carboxylic acids is 2. The molecule has 0 heterocycles. The first-order valence-electron chi connectivity index (χ1n) is 9.27. The first-order chi connectivity index (χ1) is 14.0. The topological polar surface area (TPSA) is 88.7 Å². The second-order valence-corrected chi connectivity index (χ2v) is 6.62. The molecule has 29 heavy (non-hydrogen) atoms. The lowest BCUT2D eigenvalue weighted by molar-refractivity contribution is -0.121. The average molecular weight is 416 g/mol. The van der Waals surface area contributed by atoms with E-state index in [-0.39, 0.29) is 17.4 Å². The number of nitrogens with one attached hydrogen (secondary N) is 3. The highest BCUT2D eigenvalue weighted by molar-refractivity contribution is 7.80. The second kappa shape index (κ2) is 11.7. The SMILES string of the molecule is CCCCOc1cccc(C(=O)NC(=S)NNC(=O)Cc2ccc(OC)cc2)c1. The fraction of sp³-hybridized carbons (Fsp3) is 0.286. The number of unbranched alkanes of at least 4 members (excludes halogenated alkanes) is 1. The lowest BCUT2D eigenvalue weighted by Gasteiger charge is -2.12. The Kier molecular flexibility index (Phi) is 8.91. The molecule has 0 saturated heterocycles. The van der Waals surface area contributed by atoms with E-state index < -0.39 is 5.91 Å². The van der Waals surface area contributed by atoms with Gasteiger partial charge in [-0.05, 0) is 54.5 Å². The summed E-state index contributed by atoms with van der Waals surface area (Å²) in [5.74, 6) is 0.653. The van der Waals surface area contributed by atoms with Crippen molar-refractivity contribution in [2.24, 2.45) is 0 Å². The quantitative estimate of drug-likeness (QED) is 0.349. The third-order valence-corrected chi connectivity index (χ3v) is 4.13. The van der Waals surface area contributed by atoms with E-state index in [9.17, 15) is 9.59 Å². The Balaban J connectivity index is 1.78. The summed E-state index contributed by atoms with van der Waals surface area (Å²) in [6.45, 7) is 2.68. The number of benzene rings is 2. The molecular weight excluding hydrogens is 390 g/mol. The molecule has 0 unspecified atom stereocenters. The van der Waals surface area contributed by atoms with Crippen LogP contribution in [0.5, 0.6) is 11.5 Å². The van der Waals surface area contributed by atoms with Gasteiger partial charge in [0.15, 0.2) is 5.11 Å². The molecule has 8 heteroatoms. The zero-order valence-electron chi connectivity index (χ0n) is 16.5. The van der Waals surface area contributed by atoms with E-state index in [0.29, 0.717) is 17.9 Å². The second-order valence-electron chi connectivity index (χ2n) is 6.21. The molecule has 7 nitrogen and oxygen atoms in total. The van der Waals surface area contributed by atoms with Gasteiger partial charge in [-0.2, -0.15) is 0 Å². The number of rotatable bonds is 8. The van der Waals surface area contributed by atoms with Crippen molar-refractivity contribution in [3.05, 3.63) is 59.7 Å². The molecule has 0 aliphatic rings. The lowest BCUT2D eigenvalue weighted by Crippen LogP contribution is -2.48. The Labute approximate surface area is 175 Å². The van der Waals surface area contributed by atoms with Crippen LogP contribution in [0.25, 0.3) is 0 Å². The third-order valence-electron chi connectivity index (χ3n) is 3.93. The van der Waals surface area contributed by atoms with Gasteiger partial charge in [-0.25, -0.2) is 0 Å². The molecule has 0 atom stereocenters. The summed E-state index contributed by atoms with van der Waals surface area (Å²) in [5.41, 5.74) is 6.22. The lowest BCUT2D eigenvalue weighted by atomic mass is 10.1. The summed E-state index contributed by atoms with van der Waals surface area (Å²) in [7, 11) is 1.58. The molecule has 0 fully saturated rings. The zero-order chi connectivity index (χ0) is 21.1. The van der Waals surface area contributed by atoms with Gasteiger partial charge in [-0.1, -0.05) is 31.5 Å². The van der Waals surface area contributed by atoms with Crippen molar-refractivity contribution in [2.45, 2.75) is 26.2 Å². The van der Waals surface area contributed by atoms with Gasteiger partial charge in [0.2, 0.25) is 5.91 Å². The zero-order valence-corrected chi connectivity index (χ0v) is 17.3. The van der Waals surface area contributed by atoms with Crippen LogP contribution in [0, 0.1) is 0 Å². The van der Waals surface area contributed by atoms with E-state index in [4.69, 9.17) is 21.7 Å². The number of amides is 2. The first kappa shape index (κ1) is 22.2. The normalized spacial score (nSPS) is 10.0. The van der Waals surface area contributed by atoms with Crippen molar-refractivity contribution in [1.82, 2.24) is 16.2 Å². The van der Waals surface area contributed by atoms with Crippen LogP contribution in [0.1, 0.15) is 35.7 Å². The number of thiocarbonyl (C=S) groups is 1. The summed E-state index contributed by atoms with van der Waals surface area (Å²) in [6.07, 6.45) is 2.13. The van der Waals surface area contributed by atoms with Crippen LogP contribution in [0.2, 0.25) is 0 Å². The standard InChI is InChI=1S/C21H25N3O4S/c1-3-4-12-28-18-7-5-6-16(14-18)20(26)22-21(29)24-23-19(25)13-15-8-10-17(27-2)11-9-15/h5-11,14H,3-4,12-13H2,1-2H3,(H,23,25)(H2,22,24,26,29). The van der Waals surface area contributed by atoms with E-state index in [1.54, 1.807) is 55.6 Å². The number of carbonyl (C=O) groups is 2. The number of hydrogen-bond acceptors (Lipinski definition) is 5. The molecule has 2 amide bonds. The predicted molar refractivity (Wildman–Crippen MR) is 115 cm³/mol. The third kappa shape index (κ3) is 7.79. The van der Waals surface area contributed by atoms with Crippen molar-refractivity contribution in [3.63, 3.8) is 0 Å². The molecule has 0 bridgehead atoms. The minimum Gasteiger partial charge on any atom is -0.497 e. The number of ether oxygens (including phenoxy) is 2. The minimum absolute atomic E-state index is 0.00427. The van der Waals surface area contributed by atoms with Crippen LogP contribution in [-0.4, -0.2) is 30.6 Å². The van der Waals surface area contributed by atoms with Crippen molar-refractivity contribution >= 4 is 29.1 Å². The van der Waals surface area contributed by atoms with Crippen LogP contribution >= 0.6 is 12.2 Å². The highest BCUT2D eigenvalue weighted by Crippen LogP contribution is 2.14. The highest BCUT2D eigenvalue weighted by Gasteiger charge is 2.10. The van der Waals surface area contributed by atoms with Crippen molar-refractivity contribution in [2.75, 3.05) is 13.7 Å². The minimum atomic E-state index is -0.396. The van der Waals surface area contributed by atoms with Gasteiger partial charge in [0.1, 0.15) is 11.5 Å². The molecule has 0 spiro atoms. The van der Waals surface area contributed by atoms with Gasteiger partial charge in [0.25, 0.3) is 5.91 Å². The molecule has 154 valence electrons. The summed E-state index contributed by atoms with van der Waals surface area (Å²) in [4.78, 5) is 24.3. The fourth-order valence-electron chi connectivity index (χ4n) is 2.37. The maximum atomic E-state index is 12.3. The molecule has 3 N–H and O–H groups in total. The first-order valence-corrected chi connectivity index (χ1v) is 9.68. The Bertz CT molecular complexity index is 840. The van der Waals surface area contributed by atoms with Gasteiger partial charge >= 0.3 is 0 Å². The van der Waals surface area contributed by atoms with E-state index in [1.807, 2.05) is 0 Å². The van der Waals surface area contributed by atoms with Gasteiger partial charge in [0.05, 0.1) is 20.1 Å². The molecule has 0 aromatic heterocycles. The molecule has 0 saturated carbocycles. The predicted octanol–water partition coefficient (Wildman–Crippen LogP) is 2.75. The van der Waals surface area contributed by atoms with Crippen LogP contribution in [0.3, 0.4) is 0 Å². The maximum Gasteiger partial charge on any atom is 0.257 e. The Morgan fingerprint density at radius 3 is 2.48 bits per heavy atom. The molecule has 0 radical (unpaired) electrons. The monoisotopic (exact) mass is 415 g/mol. The van der Waals surface area contributed by atoms with Crippen molar-refractivity contribution in [1.29, 1.82) is 0 Å². The molecule has 0 aliphatic carbocycles. The van der Waals surface area contributed by atoms with Crippen LogP contribution < -0.4 is 25.6 Å². The largest absolute Gasteiger partial charge is 0.497 e. The van der Waals surface area contributed by atoms with E-state index >= 15 is 0 Å². The van der Waals surface area contributed by atoms with Crippen LogP contribution in [0.4, 0.5) is 0 Å². The van der Waals surface area contributed by atoms with Gasteiger partial charge in [-0.3, -0.25) is 25.8 Å². The number of methoxy groups -OCH3 is 1. The molecule has 0 aliphatic heterocycles. The molecule has 2 aromatic carbocycles. The molecule has 2 aromatic rings. The summed E-state index contributed by atoms with van der Waals surface area (Å²) in [6, 6.07) is 14.0. The molecule has 2 rings (SSSR count). The van der Waals surface area contributed by atoms with Crippen molar-refractivity contribution < 1.29 is 19.1 Å². The maximum absolute atomic E-state index is 12.3. The van der Waals surface area contributed by atoms with E-state index in [2.05, 4.69) is 23.1 Å². The van der Waals surface area contributed by atoms with Gasteiger partial charge < -0.3 is 9.47 Å². The van der Waals surface area contributed by atoms with E-state index in [0.717, 1.165) is 24.2 Å². The number of hydrogen-bond donors (Lipinski definition) is 3. The summed E-state index contributed by atoms with van der Waals surface area (Å²) < 4.78 is 10.7. The summed E-state index contributed by atoms with van der Waals surface area (Å²) >= 11 is 5.06. The Hall–Kier alpha value is -3.13. The van der Waals surface area contributed by atoms with Crippen LogP contribution in [0.15, 0.2) is 48.5 Å². The van der Waals surface area contributed by atoms with Crippen molar-refractivity contribution in [3.8, 4) is 11.5 Å². The smallest absolute Gasteiger partial charge is 0.257 e. The number of hydrazine groups is 1. The highest BCUT2D eigenvalue weighted by atomic mass is 32.1. The Morgan fingerprint density at radius 2 is 1.79 bits per heavy atom. The summed E-state index contributed by atoms with van der Waals surface area (Å²) in [5, 5.41) is 2.52. The van der Waals surface area contributed by atoms with E-state index in [1.165, 1.54) is 0 Å². The van der Waals surface area contributed by atoms with Gasteiger partial charge in [0, 0.05) is 5.56 Å². The Morgan fingerprint density at radius 1 is 1.03 bits per heavy atom. The fourth-order valence-corrected chi connectivity index (χ4v) is 2.51. The van der Waals surface area contributed by atoms with Crippen LogP contribution in [-0.2, 0) is 11.2 Å².